The molecule has 0 aromatic heterocycles. The summed E-state index contributed by atoms with van der Waals surface area (Å²) < 4.78 is 18.6. The molecule has 1 unspecified atom stereocenters. The van der Waals surface area contributed by atoms with E-state index >= 15 is 0 Å². The number of morpholine rings is 1. The molecule has 1 aromatic rings. The Morgan fingerprint density at radius 3 is 2.81 bits per heavy atom. The van der Waals surface area contributed by atoms with E-state index in [4.69, 9.17) is 4.74 Å². The van der Waals surface area contributed by atoms with Crippen LogP contribution in [0.2, 0.25) is 0 Å². The van der Waals surface area contributed by atoms with Gasteiger partial charge in [-0.2, -0.15) is 0 Å². The van der Waals surface area contributed by atoms with Crippen LogP contribution < -0.4 is 10.6 Å². The molecule has 1 fully saturated rings. The average Bonchev–Trinajstić information content (AvgIpc) is 2.56. The van der Waals surface area contributed by atoms with Crippen molar-refractivity contribution in [2.45, 2.75) is 19.1 Å². The van der Waals surface area contributed by atoms with E-state index in [9.17, 15) is 4.39 Å². The van der Waals surface area contributed by atoms with E-state index in [1.807, 2.05) is 0 Å². The Morgan fingerprint density at radius 1 is 1.29 bits per heavy atom. The van der Waals surface area contributed by atoms with Gasteiger partial charge in [0.05, 0.1) is 12.7 Å². The van der Waals surface area contributed by atoms with Crippen LogP contribution in [0.15, 0.2) is 48.2 Å². The van der Waals surface area contributed by atoms with Crippen molar-refractivity contribution < 1.29 is 9.13 Å². The molecule has 2 N–H and O–H groups in total. The van der Waals surface area contributed by atoms with E-state index in [0.717, 1.165) is 37.4 Å². The zero-order valence-corrected chi connectivity index (χ0v) is 12.0. The van der Waals surface area contributed by atoms with Crippen LogP contribution in [0.5, 0.6) is 0 Å². The van der Waals surface area contributed by atoms with Crippen LogP contribution in [0.1, 0.15) is 12.0 Å². The number of halogens is 1. The van der Waals surface area contributed by atoms with E-state index in [1.54, 1.807) is 12.1 Å². The highest BCUT2D eigenvalue weighted by Gasteiger charge is 2.23. The molecule has 0 amide bonds. The summed E-state index contributed by atoms with van der Waals surface area (Å²) in [7, 11) is 0. The van der Waals surface area contributed by atoms with E-state index in [0.29, 0.717) is 12.5 Å². The maximum atomic E-state index is 12.8. The third-order valence-corrected chi connectivity index (χ3v) is 3.98. The average molecular weight is 288 g/mol. The fourth-order valence-corrected chi connectivity index (χ4v) is 2.71. The van der Waals surface area contributed by atoms with E-state index in [2.05, 4.69) is 28.9 Å². The number of hydrogen-bond donors (Lipinski definition) is 2. The number of allylic oxidation sites excluding steroid dienone is 2. The first-order valence-corrected chi connectivity index (χ1v) is 7.50. The topological polar surface area (TPSA) is 33.3 Å². The maximum Gasteiger partial charge on any atom is 0.123 e. The number of nitrogens with one attached hydrogen (secondary N) is 2. The van der Waals surface area contributed by atoms with Gasteiger partial charge in [-0.3, -0.25) is 0 Å². The van der Waals surface area contributed by atoms with Gasteiger partial charge in [0.25, 0.3) is 0 Å². The molecular formula is C17H21FN2O. The highest BCUT2D eigenvalue weighted by molar-refractivity contribution is 5.24. The van der Waals surface area contributed by atoms with Crippen molar-refractivity contribution in [1.29, 1.82) is 0 Å². The van der Waals surface area contributed by atoms with Gasteiger partial charge in [-0.05, 0) is 30.2 Å². The molecule has 1 aromatic carbocycles. The fourth-order valence-electron chi connectivity index (χ4n) is 2.71. The number of rotatable bonds is 4. The molecule has 1 aliphatic carbocycles. The molecule has 112 valence electrons. The minimum absolute atomic E-state index is 0.195. The largest absolute Gasteiger partial charge is 0.381 e. The summed E-state index contributed by atoms with van der Waals surface area (Å²) in [5, 5.41) is 6.74. The normalized spacial score (nSPS) is 25.5. The van der Waals surface area contributed by atoms with Crippen molar-refractivity contribution >= 4 is 0 Å². The van der Waals surface area contributed by atoms with Gasteiger partial charge in [0.1, 0.15) is 5.82 Å². The van der Waals surface area contributed by atoms with Gasteiger partial charge >= 0.3 is 0 Å². The summed E-state index contributed by atoms with van der Waals surface area (Å²) in [6.45, 7) is 3.39. The summed E-state index contributed by atoms with van der Waals surface area (Å²) in [5.74, 6) is 0.258. The first-order valence-electron chi connectivity index (χ1n) is 7.50. The summed E-state index contributed by atoms with van der Waals surface area (Å²) in [6, 6.07) is 6.59. The van der Waals surface area contributed by atoms with Crippen molar-refractivity contribution in [2.24, 2.45) is 5.92 Å². The Balaban J connectivity index is 1.48. The number of ether oxygens (including phenoxy) is 1. The first-order chi connectivity index (χ1) is 10.3. The molecule has 4 heteroatoms. The smallest absolute Gasteiger partial charge is 0.123 e. The minimum atomic E-state index is -0.195. The Kier molecular flexibility index (Phi) is 4.68. The highest BCUT2D eigenvalue weighted by atomic mass is 19.1. The molecule has 0 spiro atoms. The Bertz CT molecular complexity index is 518. The summed E-state index contributed by atoms with van der Waals surface area (Å²) >= 11 is 0. The molecule has 0 radical (unpaired) electrons. The summed E-state index contributed by atoms with van der Waals surface area (Å²) in [6.07, 6.45) is 7.84. The summed E-state index contributed by atoms with van der Waals surface area (Å²) in [4.78, 5) is 0. The van der Waals surface area contributed by atoms with Gasteiger partial charge in [0, 0.05) is 31.2 Å². The summed E-state index contributed by atoms with van der Waals surface area (Å²) in [5.41, 5.74) is 2.20. The predicted molar refractivity (Wildman–Crippen MR) is 81.2 cm³/mol. The zero-order valence-electron chi connectivity index (χ0n) is 12.0. The van der Waals surface area contributed by atoms with E-state index in [-0.39, 0.29) is 11.9 Å². The highest BCUT2D eigenvalue weighted by Crippen LogP contribution is 2.21. The Hall–Kier alpha value is -1.65. The van der Waals surface area contributed by atoms with Gasteiger partial charge in [-0.15, -0.1) is 0 Å². The van der Waals surface area contributed by atoms with Gasteiger partial charge in [0.15, 0.2) is 0 Å². The first kappa shape index (κ1) is 14.3. The predicted octanol–water partition coefficient (Wildman–Crippen LogP) is 2.36. The molecule has 21 heavy (non-hydrogen) atoms. The van der Waals surface area contributed by atoms with Gasteiger partial charge in [-0.25, -0.2) is 4.39 Å². The molecule has 0 bridgehead atoms. The van der Waals surface area contributed by atoms with Crippen LogP contribution in [-0.4, -0.2) is 25.8 Å². The van der Waals surface area contributed by atoms with Crippen LogP contribution in [0.25, 0.3) is 0 Å². The molecule has 1 saturated heterocycles. The SMILES string of the molecule is Fc1ccc(CNC2=CCC([C@H]3CNCCO3)C=C2)cc1. The van der Waals surface area contributed by atoms with Crippen LogP contribution >= 0.6 is 0 Å². The third kappa shape index (κ3) is 3.93. The molecule has 3 rings (SSSR count). The molecule has 0 saturated carbocycles. The second-order valence-corrected chi connectivity index (χ2v) is 5.51. The van der Waals surface area contributed by atoms with Gasteiger partial charge < -0.3 is 15.4 Å². The second kappa shape index (κ2) is 6.87. The van der Waals surface area contributed by atoms with Crippen molar-refractivity contribution in [1.82, 2.24) is 10.6 Å². The Morgan fingerprint density at radius 2 is 2.14 bits per heavy atom. The maximum absolute atomic E-state index is 12.8. The lowest BCUT2D eigenvalue weighted by Gasteiger charge is -2.30. The van der Waals surface area contributed by atoms with Crippen molar-refractivity contribution in [3.05, 3.63) is 59.6 Å². The van der Waals surface area contributed by atoms with Crippen molar-refractivity contribution in [2.75, 3.05) is 19.7 Å². The lowest BCUT2D eigenvalue weighted by Crippen LogP contribution is -2.42. The number of benzene rings is 1. The van der Waals surface area contributed by atoms with E-state index in [1.165, 1.54) is 12.1 Å². The van der Waals surface area contributed by atoms with Crippen LogP contribution in [0, 0.1) is 11.7 Å². The molecule has 1 aliphatic heterocycles. The van der Waals surface area contributed by atoms with Crippen LogP contribution in [-0.2, 0) is 11.3 Å². The van der Waals surface area contributed by atoms with E-state index < -0.39 is 0 Å². The fraction of sp³-hybridized carbons (Fsp3) is 0.412. The van der Waals surface area contributed by atoms with Crippen molar-refractivity contribution in [3.63, 3.8) is 0 Å². The van der Waals surface area contributed by atoms with Crippen LogP contribution in [0.3, 0.4) is 0 Å². The minimum Gasteiger partial charge on any atom is -0.381 e. The van der Waals surface area contributed by atoms with Gasteiger partial charge in [-0.1, -0.05) is 24.3 Å². The quantitative estimate of drug-likeness (QED) is 0.892. The second-order valence-electron chi connectivity index (χ2n) is 5.51. The number of hydrogen-bond acceptors (Lipinski definition) is 3. The Labute approximate surface area is 124 Å². The third-order valence-electron chi connectivity index (χ3n) is 3.98. The molecular weight excluding hydrogens is 267 g/mol. The lowest BCUT2D eigenvalue weighted by molar-refractivity contribution is 0.00350. The molecule has 2 atom stereocenters. The molecule has 2 aliphatic rings. The molecule has 3 nitrogen and oxygen atoms in total. The van der Waals surface area contributed by atoms with Crippen LogP contribution in [0.4, 0.5) is 4.39 Å². The standard InChI is InChI=1S/C17H21FN2O/c18-15-5-1-13(2-6-15)11-20-16-7-3-14(4-8-16)17-12-19-9-10-21-17/h1-3,5-8,14,17,19-20H,4,9-12H2/t14?,17-/m1/s1. The monoisotopic (exact) mass is 288 g/mol. The molecule has 1 heterocycles. The van der Waals surface area contributed by atoms with Gasteiger partial charge in [0.2, 0.25) is 0 Å². The lowest BCUT2D eigenvalue weighted by atomic mass is 9.93. The zero-order chi connectivity index (χ0) is 14.5. The van der Waals surface area contributed by atoms with Crippen molar-refractivity contribution in [3.8, 4) is 0 Å².